The smallest absolute Gasteiger partial charge is 0.159 e. The number of benzene rings is 2. The minimum atomic E-state index is -0.835. The lowest BCUT2D eigenvalue weighted by molar-refractivity contribution is 0.141. The van der Waals surface area contributed by atoms with Crippen molar-refractivity contribution in [1.82, 2.24) is 15.0 Å². The molecule has 0 radical (unpaired) electrons. The molecule has 2 N–H and O–H groups in total. The van der Waals surface area contributed by atoms with Gasteiger partial charge in [-0.25, -0.2) is 23.7 Å². The lowest BCUT2D eigenvalue weighted by Crippen LogP contribution is -2.51. The molecule has 6 nitrogen and oxygen atoms in total. The Morgan fingerprint density at radius 2 is 1.90 bits per heavy atom. The van der Waals surface area contributed by atoms with Crippen molar-refractivity contribution in [3.05, 3.63) is 101 Å². The van der Waals surface area contributed by atoms with E-state index in [1.807, 2.05) is 25.1 Å². The van der Waals surface area contributed by atoms with Crippen LogP contribution in [-0.2, 0) is 13.0 Å². The summed E-state index contributed by atoms with van der Waals surface area (Å²) in [6.45, 7) is 3.78. The molecular weight excluding hydrogens is 516 g/mol. The van der Waals surface area contributed by atoms with Crippen LogP contribution in [0.15, 0.2) is 73.2 Å². The summed E-state index contributed by atoms with van der Waals surface area (Å²) in [5, 5.41) is 14.2. The van der Waals surface area contributed by atoms with Crippen molar-refractivity contribution in [2.45, 2.75) is 31.9 Å². The van der Waals surface area contributed by atoms with Crippen molar-refractivity contribution in [1.29, 1.82) is 0 Å². The molecule has 0 spiro atoms. The van der Waals surface area contributed by atoms with E-state index in [9.17, 15) is 13.9 Å². The molecule has 0 saturated carbocycles. The van der Waals surface area contributed by atoms with Crippen molar-refractivity contribution >= 4 is 33.9 Å². The highest BCUT2D eigenvalue weighted by molar-refractivity contribution is 7.15. The van der Waals surface area contributed by atoms with Crippen LogP contribution < -0.4 is 10.2 Å². The standard InChI is InChI=1S/C30H27F2N5OS/c1-18(19-4-7-25(31)26(32)13-19)11-21-3-2-10-33-29(21)34-14-23-6-9-28(39-23)20-5-8-27-24(12-20)30(36-17-35-27)37-15-22(38)16-37/h2-10,12-13,17-18,22,38H,11,14-16H2,1H3,(H,33,34). The highest BCUT2D eigenvalue weighted by atomic mass is 32.1. The normalized spacial score (nSPS) is 14.4. The van der Waals surface area contributed by atoms with Gasteiger partial charge in [-0.05, 0) is 71.5 Å². The molecule has 1 unspecified atom stereocenters. The molecule has 2 aromatic carbocycles. The summed E-state index contributed by atoms with van der Waals surface area (Å²) in [6.07, 6.45) is 3.66. The molecule has 9 heteroatoms. The number of rotatable bonds is 8. The molecule has 198 valence electrons. The van der Waals surface area contributed by atoms with Gasteiger partial charge in [-0.1, -0.05) is 25.1 Å². The number of β-amino-alcohol motifs (C(OH)–C–C–N with tert-alkyl or cyclic N) is 1. The van der Waals surface area contributed by atoms with Crippen LogP contribution >= 0.6 is 11.3 Å². The first-order valence-electron chi connectivity index (χ1n) is 12.8. The zero-order chi connectivity index (χ0) is 26.9. The van der Waals surface area contributed by atoms with Crippen LogP contribution in [0.3, 0.4) is 0 Å². The Hall–Kier alpha value is -3.95. The monoisotopic (exact) mass is 543 g/mol. The third-order valence-electron chi connectivity index (χ3n) is 7.08. The molecule has 1 saturated heterocycles. The molecule has 0 amide bonds. The summed E-state index contributed by atoms with van der Waals surface area (Å²) in [6, 6.07) is 18.4. The van der Waals surface area contributed by atoms with Crippen LogP contribution in [0, 0.1) is 11.6 Å². The van der Waals surface area contributed by atoms with E-state index < -0.39 is 11.6 Å². The number of aromatic nitrogens is 3. The maximum absolute atomic E-state index is 13.7. The van der Waals surface area contributed by atoms with Crippen molar-refractivity contribution in [3.8, 4) is 10.4 Å². The zero-order valence-corrected chi connectivity index (χ0v) is 22.1. The Bertz CT molecular complexity index is 1640. The number of fused-ring (bicyclic) bond motifs is 1. The van der Waals surface area contributed by atoms with Gasteiger partial charge in [0, 0.05) is 34.4 Å². The summed E-state index contributed by atoms with van der Waals surface area (Å²) in [5.41, 5.74) is 3.74. The minimum absolute atomic E-state index is 0.000471. The average Bonchev–Trinajstić information content (AvgIpc) is 3.41. The summed E-state index contributed by atoms with van der Waals surface area (Å²) in [5.74, 6) is -0.0261. The molecule has 39 heavy (non-hydrogen) atoms. The Morgan fingerprint density at radius 1 is 1.03 bits per heavy atom. The number of nitrogens with one attached hydrogen (secondary N) is 1. The number of pyridine rings is 1. The number of aliphatic hydroxyl groups is 1. The number of thiophene rings is 1. The first kappa shape index (κ1) is 25.3. The van der Waals surface area contributed by atoms with Crippen LogP contribution in [0.2, 0.25) is 0 Å². The maximum atomic E-state index is 13.7. The van der Waals surface area contributed by atoms with Gasteiger partial charge in [0.05, 0.1) is 18.2 Å². The molecule has 1 fully saturated rings. The molecule has 1 aliphatic rings. The third-order valence-corrected chi connectivity index (χ3v) is 8.22. The van der Waals surface area contributed by atoms with Crippen LogP contribution in [-0.4, -0.2) is 39.3 Å². The van der Waals surface area contributed by atoms with E-state index in [2.05, 4.69) is 49.4 Å². The first-order chi connectivity index (χ1) is 18.9. The third kappa shape index (κ3) is 5.32. The number of anilines is 2. The van der Waals surface area contributed by atoms with E-state index in [0.717, 1.165) is 49.0 Å². The Labute approximate surface area is 229 Å². The number of hydrogen-bond donors (Lipinski definition) is 2. The van der Waals surface area contributed by atoms with Crippen LogP contribution in [0.4, 0.5) is 20.4 Å². The summed E-state index contributed by atoms with van der Waals surface area (Å²) in [4.78, 5) is 17.8. The number of halogens is 2. The van der Waals surface area contributed by atoms with Gasteiger partial charge < -0.3 is 15.3 Å². The van der Waals surface area contributed by atoms with Gasteiger partial charge in [-0.2, -0.15) is 0 Å². The second kappa shape index (κ2) is 10.7. The lowest BCUT2D eigenvalue weighted by Gasteiger charge is -2.37. The van der Waals surface area contributed by atoms with Gasteiger partial charge in [-0.3, -0.25) is 0 Å². The number of aliphatic hydroxyl groups excluding tert-OH is 1. The summed E-state index contributed by atoms with van der Waals surface area (Å²) in [7, 11) is 0. The van der Waals surface area contributed by atoms with Gasteiger partial charge in [0.1, 0.15) is 18.0 Å². The quantitative estimate of drug-likeness (QED) is 0.244. The van der Waals surface area contributed by atoms with Gasteiger partial charge in [0.25, 0.3) is 0 Å². The molecule has 6 rings (SSSR count). The molecular formula is C30H27F2N5OS. The summed E-state index contributed by atoms with van der Waals surface area (Å²) < 4.78 is 27.1. The van der Waals surface area contributed by atoms with E-state index in [1.165, 1.54) is 12.1 Å². The van der Waals surface area contributed by atoms with Gasteiger partial charge in [0.2, 0.25) is 0 Å². The Balaban J connectivity index is 1.17. The molecule has 1 atom stereocenters. The fourth-order valence-electron chi connectivity index (χ4n) is 4.90. The molecule has 5 aromatic rings. The molecule has 4 heterocycles. The highest BCUT2D eigenvalue weighted by Gasteiger charge is 2.27. The van der Waals surface area contributed by atoms with Gasteiger partial charge >= 0.3 is 0 Å². The van der Waals surface area contributed by atoms with Crippen molar-refractivity contribution in [2.75, 3.05) is 23.3 Å². The van der Waals surface area contributed by atoms with Gasteiger partial charge in [-0.15, -0.1) is 11.3 Å². The van der Waals surface area contributed by atoms with E-state index in [-0.39, 0.29) is 12.0 Å². The highest BCUT2D eigenvalue weighted by Crippen LogP contribution is 2.34. The van der Waals surface area contributed by atoms with Crippen molar-refractivity contribution in [2.24, 2.45) is 0 Å². The van der Waals surface area contributed by atoms with E-state index in [4.69, 9.17) is 0 Å². The molecule has 0 aliphatic carbocycles. The second-order valence-electron chi connectivity index (χ2n) is 9.90. The average molecular weight is 544 g/mol. The molecule has 3 aromatic heterocycles. The van der Waals surface area contributed by atoms with Crippen LogP contribution in [0.1, 0.15) is 28.8 Å². The van der Waals surface area contributed by atoms with E-state index in [0.29, 0.717) is 26.1 Å². The van der Waals surface area contributed by atoms with Crippen molar-refractivity contribution < 1.29 is 13.9 Å². The Morgan fingerprint density at radius 3 is 2.72 bits per heavy atom. The molecule has 1 aliphatic heterocycles. The zero-order valence-electron chi connectivity index (χ0n) is 21.3. The largest absolute Gasteiger partial charge is 0.389 e. The second-order valence-corrected chi connectivity index (χ2v) is 11.1. The van der Waals surface area contributed by atoms with Crippen LogP contribution in [0.5, 0.6) is 0 Å². The fraction of sp³-hybridized carbons (Fsp3) is 0.233. The minimum Gasteiger partial charge on any atom is -0.389 e. The Kier molecular flexibility index (Phi) is 6.93. The van der Waals surface area contributed by atoms with Crippen molar-refractivity contribution in [3.63, 3.8) is 0 Å². The fourth-order valence-corrected chi connectivity index (χ4v) is 5.85. The predicted octanol–water partition coefficient (Wildman–Crippen LogP) is 6.17. The number of hydrogen-bond acceptors (Lipinski definition) is 7. The topological polar surface area (TPSA) is 74.2 Å². The van der Waals surface area contributed by atoms with E-state index in [1.54, 1.807) is 29.9 Å². The van der Waals surface area contributed by atoms with Gasteiger partial charge in [0.15, 0.2) is 11.6 Å². The molecule has 0 bridgehead atoms. The lowest BCUT2D eigenvalue weighted by atomic mass is 9.94. The summed E-state index contributed by atoms with van der Waals surface area (Å²) >= 11 is 1.71. The predicted molar refractivity (Wildman–Crippen MR) is 151 cm³/mol. The first-order valence-corrected chi connectivity index (χ1v) is 13.7. The SMILES string of the molecule is CC(Cc1cccnc1NCc1ccc(-c2ccc3ncnc(N4CC(O)C4)c3c2)s1)c1ccc(F)c(F)c1. The van der Waals surface area contributed by atoms with E-state index >= 15 is 0 Å². The van der Waals surface area contributed by atoms with Crippen LogP contribution in [0.25, 0.3) is 21.3 Å². The number of nitrogens with zero attached hydrogens (tertiary/aromatic N) is 4. The maximum Gasteiger partial charge on any atom is 0.159 e.